The van der Waals surface area contributed by atoms with E-state index in [9.17, 15) is 29.4 Å². The number of hydrogen-bond donors (Lipinski definition) is 2. The second-order valence-electron chi connectivity index (χ2n) is 9.68. The second kappa shape index (κ2) is 10.1. The fourth-order valence-electron chi connectivity index (χ4n) is 4.93. The maximum Gasteiger partial charge on any atom is 0.229 e. The van der Waals surface area contributed by atoms with Crippen LogP contribution in [0.3, 0.4) is 0 Å². The van der Waals surface area contributed by atoms with E-state index in [1.807, 2.05) is 6.07 Å². The molecule has 8 heteroatoms. The van der Waals surface area contributed by atoms with E-state index in [-0.39, 0.29) is 57.3 Å². The van der Waals surface area contributed by atoms with Crippen molar-refractivity contribution in [3.63, 3.8) is 0 Å². The van der Waals surface area contributed by atoms with E-state index in [1.54, 1.807) is 72.8 Å². The Morgan fingerprint density at radius 1 is 0.512 bits per heavy atom. The fraction of sp³-hybridized carbons (Fsp3) is 0.0909. The summed E-state index contributed by atoms with van der Waals surface area (Å²) in [6, 6.07) is 25.1. The zero-order chi connectivity index (χ0) is 28.8. The number of fused-ring (bicyclic) bond motifs is 4. The molecule has 0 saturated carbocycles. The number of hydrogen-bond acceptors (Lipinski definition) is 8. The van der Waals surface area contributed by atoms with Crippen LogP contribution in [0.15, 0.2) is 99.8 Å². The summed E-state index contributed by atoms with van der Waals surface area (Å²) < 4.78 is 10.8. The van der Waals surface area contributed by atoms with Crippen molar-refractivity contribution in [1.29, 1.82) is 0 Å². The minimum atomic E-state index is -1.02. The minimum Gasteiger partial charge on any atom is -0.454 e. The van der Waals surface area contributed by atoms with E-state index in [0.29, 0.717) is 27.8 Å². The lowest BCUT2D eigenvalue weighted by Gasteiger charge is -2.11. The molecule has 0 radical (unpaired) electrons. The van der Waals surface area contributed by atoms with Crippen LogP contribution in [0.25, 0.3) is 0 Å². The third-order valence-electron chi connectivity index (χ3n) is 7.03. The van der Waals surface area contributed by atoms with Crippen molar-refractivity contribution in [3.8, 4) is 0 Å². The van der Waals surface area contributed by atoms with Crippen molar-refractivity contribution in [2.24, 2.45) is 0 Å². The second-order valence-corrected chi connectivity index (χ2v) is 9.68. The van der Waals surface area contributed by atoms with E-state index in [2.05, 4.69) is 0 Å². The summed E-state index contributed by atoms with van der Waals surface area (Å²) in [4.78, 5) is 49.4. The van der Waals surface area contributed by atoms with Gasteiger partial charge in [0.15, 0.2) is 23.1 Å². The molecule has 0 bridgehead atoms. The van der Waals surface area contributed by atoms with Crippen LogP contribution < -0.4 is 0 Å². The Hall–Kier alpha value is -5.18. The Labute approximate surface area is 233 Å². The summed E-state index contributed by atoms with van der Waals surface area (Å²) in [5, 5.41) is 19.9. The Balaban J connectivity index is 0.000000152. The van der Waals surface area contributed by atoms with Gasteiger partial charge in [-0.25, -0.2) is 0 Å². The molecule has 2 aliphatic rings. The Kier molecular flexibility index (Phi) is 6.42. The smallest absolute Gasteiger partial charge is 0.229 e. The van der Waals surface area contributed by atoms with Crippen molar-refractivity contribution in [1.82, 2.24) is 0 Å². The molecule has 41 heavy (non-hydrogen) atoms. The quantitative estimate of drug-likeness (QED) is 0.307. The van der Waals surface area contributed by atoms with Gasteiger partial charge in [-0.1, -0.05) is 78.9 Å². The van der Waals surface area contributed by atoms with E-state index in [1.165, 1.54) is 19.1 Å². The third kappa shape index (κ3) is 4.35. The molecular formula is C33H22O8. The van der Waals surface area contributed by atoms with Crippen LogP contribution in [-0.2, 0) is 0 Å². The standard InChI is InChI=1S/C19H12O4.C14H10O4/c20-16(11-6-2-1-3-7-11)15-10-14-17(21)12-8-4-5-9-13(12)18(22)19(14)23-15;1-7(15)11-6-10-12(16)8-4-2-3-5-9(8)13(17)14(10)18-11/h1-10,16,20H;2-7,15H,1H3. The molecule has 3 aromatic carbocycles. The van der Waals surface area contributed by atoms with E-state index in [4.69, 9.17) is 8.83 Å². The van der Waals surface area contributed by atoms with Crippen LogP contribution in [0.2, 0.25) is 0 Å². The van der Waals surface area contributed by atoms with Crippen molar-refractivity contribution < 1.29 is 38.2 Å². The third-order valence-corrected chi connectivity index (χ3v) is 7.03. The molecule has 0 saturated heterocycles. The summed E-state index contributed by atoms with van der Waals surface area (Å²) in [6.45, 7) is 1.52. The highest BCUT2D eigenvalue weighted by molar-refractivity contribution is 6.28. The number of benzene rings is 3. The molecular weight excluding hydrogens is 524 g/mol. The predicted octanol–water partition coefficient (Wildman–Crippen LogP) is 5.25. The van der Waals surface area contributed by atoms with Gasteiger partial charge in [0.25, 0.3) is 0 Å². The van der Waals surface area contributed by atoms with Crippen LogP contribution in [0.1, 0.15) is 100 Å². The van der Waals surface area contributed by atoms with Crippen molar-refractivity contribution in [2.45, 2.75) is 19.1 Å². The average molecular weight is 547 g/mol. The normalized spacial score (nSPS) is 14.7. The van der Waals surface area contributed by atoms with Gasteiger partial charge in [-0.15, -0.1) is 0 Å². The van der Waals surface area contributed by atoms with E-state index >= 15 is 0 Å². The molecule has 0 amide bonds. The van der Waals surface area contributed by atoms with E-state index < -0.39 is 12.2 Å². The summed E-state index contributed by atoms with van der Waals surface area (Å²) in [6.07, 6.45) is -1.87. The molecule has 202 valence electrons. The monoisotopic (exact) mass is 546 g/mol. The lowest BCUT2D eigenvalue weighted by molar-refractivity contribution is 0.0953. The molecule has 7 rings (SSSR count). The highest BCUT2D eigenvalue weighted by Gasteiger charge is 2.35. The molecule has 8 nitrogen and oxygen atoms in total. The lowest BCUT2D eigenvalue weighted by Crippen LogP contribution is -2.18. The van der Waals surface area contributed by atoms with Crippen molar-refractivity contribution >= 4 is 23.1 Å². The first-order chi connectivity index (χ1) is 19.8. The first-order valence-corrected chi connectivity index (χ1v) is 12.8. The highest BCUT2D eigenvalue weighted by atomic mass is 16.4. The number of rotatable bonds is 3. The molecule has 2 N–H and O–H groups in total. The predicted molar refractivity (Wildman–Crippen MR) is 145 cm³/mol. The first-order valence-electron chi connectivity index (χ1n) is 12.8. The fourth-order valence-corrected chi connectivity index (χ4v) is 4.93. The van der Waals surface area contributed by atoms with Gasteiger partial charge in [0.05, 0.1) is 11.1 Å². The van der Waals surface area contributed by atoms with Gasteiger partial charge in [0.2, 0.25) is 11.6 Å². The number of aliphatic hydroxyl groups is 2. The first kappa shape index (κ1) is 26.1. The maximum absolute atomic E-state index is 12.5. The van der Waals surface area contributed by atoms with Gasteiger partial charge >= 0.3 is 0 Å². The summed E-state index contributed by atoms with van der Waals surface area (Å²) in [7, 11) is 0. The number of ketones is 4. The minimum absolute atomic E-state index is 0.00122. The van der Waals surface area contributed by atoms with E-state index in [0.717, 1.165) is 0 Å². The largest absolute Gasteiger partial charge is 0.454 e. The Bertz CT molecular complexity index is 1750. The zero-order valence-electron chi connectivity index (χ0n) is 21.7. The van der Waals surface area contributed by atoms with Crippen LogP contribution in [0, 0.1) is 0 Å². The van der Waals surface area contributed by atoms with Crippen molar-refractivity contribution in [3.05, 3.63) is 153 Å². The molecule has 2 aromatic heterocycles. The summed E-state index contributed by atoms with van der Waals surface area (Å²) in [5.41, 5.74) is 2.50. The summed E-state index contributed by atoms with van der Waals surface area (Å²) in [5.74, 6) is -0.700. The SMILES string of the molecule is CC(O)c1cc2c(o1)C(=O)c1ccccc1C2=O.O=C1c2ccccc2C(=O)c2oc(C(O)c3ccccc3)cc21. The number of carbonyl (C=O) groups is 4. The van der Waals surface area contributed by atoms with Gasteiger partial charge in [-0.3, -0.25) is 19.2 Å². The number of furan rings is 2. The van der Waals surface area contributed by atoms with Gasteiger partial charge in [-0.2, -0.15) is 0 Å². The average Bonchev–Trinajstić information content (AvgIpc) is 3.66. The highest BCUT2D eigenvalue weighted by Crippen LogP contribution is 2.34. The maximum atomic E-state index is 12.5. The topological polar surface area (TPSA) is 135 Å². The Morgan fingerprint density at radius 3 is 1.37 bits per heavy atom. The molecule has 2 atom stereocenters. The van der Waals surface area contributed by atoms with Gasteiger partial charge in [-0.05, 0) is 24.6 Å². The molecule has 2 heterocycles. The van der Waals surface area contributed by atoms with Crippen LogP contribution in [-0.4, -0.2) is 33.3 Å². The summed E-state index contributed by atoms with van der Waals surface area (Å²) >= 11 is 0. The lowest BCUT2D eigenvalue weighted by atomic mass is 9.88. The molecule has 0 spiro atoms. The van der Waals surface area contributed by atoms with Gasteiger partial charge in [0.1, 0.15) is 23.7 Å². The van der Waals surface area contributed by atoms with Gasteiger partial charge in [0, 0.05) is 22.3 Å². The molecule has 0 fully saturated rings. The number of aliphatic hydroxyl groups excluding tert-OH is 2. The van der Waals surface area contributed by atoms with Crippen LogP contribution in [0.4, 0.5) is 0 Å². The van der Waals surface area contributed by atoms with Crippen LogP contribution in [0.5, 0.6) is 0 Å². The van der Waals surface area contributed by atoms with Gasteiger partial charge < -0.3 is 19.0 Å². The molecule has 5 aromatic rings. The molecule has 2 aliphatic carbocycles. The van der Waals surface area contributed by atoms with Crippen LogP contribution >= 0.6 is 0 Å². The van der Waals surface area contributed by atoms with Crippen molar-refractivity contribution in [2.75, 3.05) is 0 Å². The molecule has 0 aliphatic heterocycles. The number of carbonyl (C=O) groups excluding carboxylic acids is 4. The Morgan fingerprint density at radius 2 is 0.902 bits per heavy atom. The molecule has 2 unspecified atom stereocenters. The zero-order valence-corrected chi connectivity index (χ0v) is 21.7.